The van der Waals surface area contributed by atoms with Crippen LogP contribution in [-0.4, -0.2) is 40.0 Å². The summed E-state index contributed by atoms with van der Waals surface area (Å²) in [7, 11) is 0. The highest BCUT2D eigenvalue weighted by atomic mass is 16.4. The van der Waals surface area contributed by atoms with E-state index in [1.807, 2.05) is 37.3 Å². The number of carboxylic acids is 1. The molecular weight excluding hydrogens is 308 g/mol. The lowest BCUT2D eigenvalue weighted by Crippen LogP contribution is -2.30. The van der Waals surface area contributed by atoms with E-state index in [2.05, 4.69) is 4.98 Å². The van der Waals surface area contributed by atoms with E-state index in [-0.39, 0.29) is 12.3 Å². The van der Waals surface area contributed by atoms with Gasteiger partial charge in [0.25, 0.3) is 0 Å². The van der Waals surface area contributed by atoms with Gasteiger partial charge in [-0.15, -0.1) is 0 Å². The molecule has 0 saturated carbocycles. The van der Waals surface area contributed by atoms with Crippen molar-refractivity contribution in [3.63, 3.8) is 0 Å². The summed E-state index contributed by atoms with van der Waals surface area (Å²) in [5.74, 6) is -0.0570. The molecule has 126 valence electrons. The van der Waals surface area contributed by atoms with Crippen LogP contribution in [-0.2, 0) is 16.0 Å². The van der Waals surface area contributed by atoms with E-state index in [0.717, 1.165) is 17.0 Å². The molecule has 2 aromatic rings. The third-order valence-corrected chi connectivity index (χ3v) is 4.32. The molecule has 1 aromatic heterocycles. The number of likely N-dealkylation sites (tertiary alicyclic amines) is 1. The molecule has 0 radical (unpaired) electrons. The summed E-state index contributed by atoms with van der Waals surface area (Å²) >= 11 is 0. The third-order valence-electron chi connectivity index (χ3n) is 4.32. The molecular formula is C18H20N2O4. The number of benzene rings is 1. The number of aromatic nitrogens is 1. The quantitative estimate of drug-likeness (QED) is 0.912. The molecule has 6 nitrogen and oxygen atoms in total. The second-order valence-electron chi connectivity index (χ2n) is 6.05. The van der Waals surface area contributed by atoms with Gasteiger partial charge >= 0.3 is 5.97 Å². The molecule has 1 aromatic carbocycles. The Balaban J connectivity index is 1.60. The Hall–Kier alpha value is -2.63. The number of carboxylic acid groups (broad SMARTS) is 1. The van der Waals surface area contributed by atoms with Crippen LogP contribution in [0.2, 0.25) is 0 Å². The number of oxazole rings is 1. The van der Waals surface area contributed by atoms with Crippen LogP contribution in [0.4, 0.5) is 0 Å². The summed E-state index contributed by atoms with van der Waals surface area (Å²) in [6, 6.07) is 9.73. The van der Waals surface area contributed by atoms with E-state index >= 15 is 0 Å². The second kappa shape index (κ2) is 6.86. The zero-order valence-electron chi connectivity index (χ0n) is 13.6. The molecule has 0 spiro atoms. The lowest BCUT2D eigenvalue weighted by molar-refractivity contribution is -0.141. The molecule has 6 heteroatoms. The number of hydrogen-bond acceptors (Lipinski definition) is 4. The van der Waals surface area contributed by atoms with Crippen LogP contribution >= 0.6 is 0 Å². The van der Waals surface area contributed by atoms with E-state index in [9.17, 15) is 9.59 Å². The van der Waals surface area contributed by atoms with Crippen LogP contribution < -0.4 is 0 Å². The Morgan fingerprint density at radius 2 is 2.08 bits per heavy atom. The second-order valence-corrected chi connectivity index (χ2v) is 6.05. The Labute approximate surface area is 140 Å². The number of aryl methyl sites for hydroxylation is 2. The van der Waals surface area contributed by atoms with Gasteiger partial charge in [-0.3, -0.25) is 9.59 Å². The summed E-state index contributed by atoms with van der Waals surface area (Å²) < 4.78 is 5.80. The van der Waals surface area contributed by atoms with Gasteiger partial charge in [0.15, 0.2) is 11.7 Å². The van der Waals surface area contributed by atoms with Gasteiger partial charge in [-0.2, -0.15) is 0 Å². The van der Waals surface area contributed by atoms with E-state index in [1.165, 1.54) is 0 Å². The van der Waals surface area contributed by atoms with Crippen molar-refractivity contribution in [1.82, 2.24) is 9.88 Å². The average Bonchev–Trinajstić information content (AvgIpc) is 3.20. The third kappa shape index (κ3) is 3.48. The van der Waals surface area contributed by atoms with Crippen molar-refractivity contribution in [2.45, 2.75) is 26.2 Å². The van der Waals surface area contributed by atoms with Crippen molar-refractivity contribution in [2.75, 3.05) is 13.1 Å². The molecule has 1 N–H and O–H groups in total. The molecule has 1 amide bonds. The molecule has 0 aliphatic carbocycles. The molecule has 1 aliphatic heterocycles. The van der Waals surface area contributed by atoms with Gasteiger partial charge in [0, 0.05) is 31.5 Å². The van der Waals surface area contributed by atoms with Crippen LogP contribution in [0, 0.1) is 12.8 Å². The summed E-state index contributed by atoms with van der Waals surface area (Å²) in [6.07, 6.45) is 1.22. The van der Waals surface area contributed by atoms with Crippen molar-refractivity contribution in [3.05, 3.63) is 41.9 Å². The van der Waals surface area contributed by atoms with Crippen LogP contribution in [0.15, 0.2) is 34.7 Å². The van der Waals surface area contributed by atoms with Crippen molar-refractivity contribution in [2.24, 2.45) is 5.92 Å². The Kier molecular flexibility index (Phi) is 4.64. The summed E-state index contributed by atoms with van der Waals surface area (Å²) in [5.41, 5.74) is 1.76. The molecule has 2 heterocycles. The highest BCUT2D eigenvalue weighted by Crippen LogP contribution is 2.25. The monoisotopic (exact) mass is 328 g/mol. The normalized spacial score (nSPS) is 17.2. The SMILES string of the molecule is Cc1nc(CCC(=O)N2CCC(C(=O)O)C2)oc1-c1ccccc1. The maximum atomic E-state index is 12.2. The van der Waals surface area contributed by atoms with Gasteiger partial charge < -0.3 is 14.4 Å². The lowest BCUT2D eigenvalue weighted by atomic mass is 10.1. The number of amides is 1. The fourth-order valence-corrected chi connectivity index (χ4v) is 2.98. The molecule has 24 heavy (non-hydrogen) atoms. The summed E-state index contributed by atoms with van der Waals surface area (Å²) in [4.78, 5) is 29.2. The Bertz CT molecular complexity index is 739. The van der Waals surface area contributed by atoms with E-state index in [0.29, 0.717) is 31.8 Å². The summed E-state index contributed by atoms with van der Waals surface area (Å²) in [6.45, 7) is 2.69. The number of carbonyl (C=O) groups excluding carboxylic acids is 1. The minimum absolute atomic E-state index is 0.0455. The van der Waals surface area contributed by atoms with E-state index in [1.54, 1.807) is 4.90 Å². The zero-order valence-corrected chi connectivity index (χ0v) is 13.6. The molecule has 3 rings (SSSR count). The fourth-order valence-electron chi connectivity index (χ4n) is 2.98. The zero-order chi connectivity index (χ0) is 17.1. The van der Waals surface area contributed by atoms with Gasteiger partial charge in [0.05, 0.1) is 11.6 Å². The van der Waals surface area contributed by atoms with Gasteiger partial charge in [0.2, 0.25) is 5.91 Å². The minimum atomic E-state index is -0.832. The van der Waals surface area contributed by atoms with Crippen LogP contribution in [0.25, 0.3) is 11.3 Å². The Morgan fingerprint density at radius 3 is 2.75 bits per heavy atom. The molecule has 1 aliphatic rings. The number of carbonyl (C=O) groups is 2. The first-order chi connectivity index (χ1) is 11.5. The molecule has 0 bridgehead atoms. The number of rotatable bonds is 5. The topological polar surface area (TPSA) is 83.6 Å². The maximum Gasteiger partial charge on any atom is 0.308 e. The minimum Gasteiger partial charge on any atom is -0.481 e. The molecule has 1 unspecified atom stereocenters. The first-order valence-electron chi connectivity index (χ1n) is 8.07. The lowest BCUT2D eigenvalue weighted by Gasteiger charge is -2.14. The smallest absolute Gasteiger partial charge is 0.308 e. The predicted octanol–water partition coefficient (Wildman–Crippen LogP) is 2.52. The van der Waals surface area contributed by atoms with Crippen LogP contribution in [0.5, 0.6) is 0 Å². The Morgan fingerprint density at radius 1 is 1.33 bits per heavy atom. The van der Waals surface area contributed by atoms with Gasteiger partial charge in [-0.25, -0.2) is 4.98 Å². The van der Waals surface area contributed by atoms with Crippen molar-refractivity contribution in [3.8, 4) is 11.3 Å². The number of aliphatic carboxylic acids is 1. The molecule has 1 fully saturated rings. The number of hydrogen-bond donors (Lipinski definition) is 1. The van der Waals surface area contributed by atoms with Crippen molar-refractivity contribution in [1.29, 1.82) is 0 Å². The fraction of sp³-hybridized carbons (Fsp3) is 0.389. The predicted molar refractivity (Wildman–Crippen MR) is 87.3 cm³/mol. The molecule has 1 saturated heterocycles. The highest BCUT2D eigenvalue weighted by molar-refractivity contribution is 5.78. The van der Waals surface area contributed by atoms with Crippen LogP contribution in [0.3, 0.4) is 0 Å². The van der Waals surface area contributed by atoms with Crippen molar-refractivity contribution >= 4 is 11.9 Å². The van der Waals surface area contributed by atoms with Gasteiger partial charge in [0.1, 0.15) is 0 Å². The summed E-state index contributed by atoms with van der Waals surface area (Å²) in [5, 5.41) is 9.00. The van der Waals surface area contributed by atoms with Crippen molar-refractivity contribution < 1.29 is 19.1 Å². The average molecular weight is 328 g/mol. The molecule has 1 atom stereocenters. The maximum absolute atomic E-state index is 12.2. The van der Waals surface area contributed by atoms with Crippen LogP contribution in [0.1, 0.15) is 24.4 Å². The van der Waals surface area contributed by atoms with E-state index in [4.69, 9.17) is 9.52 Å². The highest BCUT2D eigenvalue weighted by Gasteiger charge is 2.30. The first kappa shape index (κ1) is 16.2. The first-order valence-corrected chi connectivity index (χ1v) is 8.07. The number of nitrogens with zero attached hydrogens (tertiary/aromatic N) is 2. The largest absolute Gasteiger partial charge is 0.481 e. The van der Waals surface area contributed by atoms with Gasteiger partial charge in [-0.1, -0.05) is 30.3 Å². The standard InChI is InChI=1S/C18H20N2O4/c1-12-17(13-5-3-2-4-6-13)24-15(19-12)7-8-16(21)20-10-9-14(11-20)18(22)23/h2-6,14H,7-11H2,1H3,(H,22,23). The van der Waals surface area contributed by atoms with E-state index < -0.39 is 11.9 Å². The van der Waals surface area contributed by atoms with Gasteiger partial charge in [-0.05, 0) is 13.3 Å².